The van der Waals surface area contributed by atoms with Crippen molar-refractivity contribution in [1.29, 1.82) is 5.26 Å². The summed E-state index contributed by atoms with van der Waals surface area (Å²) in [4.78, 5) is 9.58. The van der Waals surface area contributed by atoms with Crippen molar-refractivity contribution in [3.8, 4) is 6.19 Å². The van der Waals surface area contributed by atoms with Gasteiger partial charge < -0.3 is 5.32 Å². The van der Waals surface area contributed by atoms with Crippen molar-refractivity contribution in [3.05, 3.63) is 42.2 Å². The van der Waals surface area contributed by atoms with Gasteiger partial charge in [-0.05, 0) is 24.1 Å². The number of aryl methyl sites for hydroxylation is 1. The first-order valence-electron chi connectivity index (χ1n) is 6.54. The molecule has 5 heteroatoms. The number of aromatic nitrogens is 2. The van der Waals surface area contributed by atoms with Gasteiger partial charge in [-0.2, -0.15) is 5.26 Å². The molecule has 0 amide bonds. The van der Waals surface area contributed by atoms with Crippen LogP contribution < -0.4 is 10.2 Å². The Balaban J connectivity index is 2.11. The SMILES string of the molecule is CCCc1ccc(Nc2cc(N(C)C#N)ncn2)cc1. The first-order chi connectivity index (χ1) is 9.72. The molecular formula is C15H17N5. The van der Waals surface area contributed by atoms with Crippen LogP contribution in [0.1, 0.15) is 18.9 Å². The second-order valence-corrected chi connectivity index (χ2v) is 4.49. The highest BCUT2D eigenvalue weighted by Crippen LogP contribution is 2.18. The Bertz CT molecular complexity index is 600. The second kappa shape index (κ2) is 6.53. The van der Waals surface area contributed by atoms with E-state index in [2.05, 4.69) is 34.3 Å². The van der Waals surface area contributed by atoms with Gasteiger partial charge in [0.15, 0.2) is 6.19 Å². The van der Waals surface area contributed by atoms with E-state index in [1.807, 2.05) is 18.3 Å². The van der Waals surface area contributed by atoms with Crippen LogP contribution in [0.25, 0.3) is 0 Å². The van der Waals surface area contributed by atoms with Crippen molar-refractivity contribution in [2.75, 3.05) is 17.3 Å². The highest BCUT2D eigenvalue weighted by atomic mass is 15.2. The molecule has 0 saturated heterocycles. The minimum Gasteiger partial charge on any atom is -0.340 e. The summed E-state index contributed by atoms with van der Waals surface area (Å²) >= 11 is 0. The predicted molar refractivity (Wildman–Crippen MR) is 79.8 cm³/mol. The number of anilines is 3. The first-order valence-corrected chi connectivity index (χ1v) is 6.54. The summed E-state index contributed by atoms with van der Waals surface area (Å²) in [6.07, 6.45) is 5.68. The molecule has 0 bridgehead atoms. The Morgan fingerprint density at radius 2 is 2.00 bits per heavy atom. The number of nitrogens with one attached hydrogen (secondary N) is 1. The third-order valence-electron chi connectivity index (χ3n) is 2.91. The van der Waals surface area contributed by atoms with E-state index >= 15 is 0 Å². The third kappa shape index (κ3) is 3.45. The molecule has 1 aromatic heterocycles. The molecule has 1 heterocycles. The average molecular weight is 267 g/mol. The number of hydrogen-bond acceptors (Lipinski definition) is 5. The molecule has 20 heavy (non-hydrogen) atoms. The summed E-state index contributed by atoms with van der Waals surface area (Å²) in [6, 6.07) is 10.0. The second-order valence-electron chi connectivity index (χ2n) is 4.49. The summed E-state index contributed by atoms with van der Waals surface area (Å²) in [5.74, 6) is 1.23. The monoisotopic (exact) mass is 267 g/mol. The molecule has 0 fully saturated rings. The normalized spacial score (nSPS) is 9.85. The lowest BCUT2D eigenvalue weighted by Crippen LogP contribution is -2.10. The molecule has 5 nitrogen and oxygen atoms in total. The van der Waals surface area contributed by atoms with Crippen molar-refractivity contribution >= 4 is 17.3 Å². The molecule has 1 N–H and O–H groups in total. The number of benzene rings is 1. The third-order valence-corrected chi connectivity index (χ3v) is 2.91. The zero-order chi connectivity index (χ0) is 14.4. The van der Waals surface area contributed by atoms with E-state index in [-0.39, 0.29) is 0 Å². The minimum absolute atomic E-state index is 0.563. The highest BCUT2D eigenvalue weighted by molar-refractivity contribution is 5.60. The fourth-order valence-electron chi connectivity index (χ4n) is 1.84. The van der Waals surface area contributed by atoms with Gasteiger partial charge in [0.2, 0.25) is 0 Å². The van der Waals surface area contributed by atoms with Crippen LogP contribution in [0.5, 0.6) is 0 Å². The largest absolute Gasteiger partial charge is 0.340 e. The molecule has 0 atom stereocenters. The van der Waals surface area contributed by atoms with Crippen LogP contribution in [0, 0.1) is 11.5 Å². The lowest BCUT2D eigenvalue weighted by Gasteiger charge is -2.10. The number of nitrogens with zero attached hydrogens (tertiary/aromatic N) is 4. The van der Waals surface area contributed by atoms with Crippen molar-refractivity contribution in [2.45, 2.75) is 19.8 Å². The fraction of sp³-hybridized carbons (Fsp3) is 0.267. The molecule has 1 aromatic carbocycles. The Hall–Kier alpha value is -2.61. The molecule has 2 rings (SSSR count). The van der Waals surface area contributed by atoms with Crippen molar-refractivity contribution in [3.63, 3.8) is 0 Å². The lowest BCUT2D eigenvalue weighted by molar-refractivity contribution is 0.922. The summed E-state index contributed by atoms with van der Waals surface area (Å²) in [7, 11) is 1.66. The van der Waals surface area contributed by atoms with Crippen LogP contribution in [0.4, 0.5) is 17.3 Å². The molecular weight excluding hydrogens is 250 g/mol. The van der Waals surface area contributed by atoms with Gasteiger partial charge in [-0.15, -0.1) is 0 Å². The van der Waals surface area contributed by atoms with Crippen molar-refractivity contribution in [2.24, 2.45) is 0 Å². The van der Waals surface area contributed by atoms with Crippen LogP contribution in [0.2, 0.25) is 0 Å². The van der Waals surface area contributed by atoms with E-state index < -0.39 is 0 Å². The van der Waals surface area contributed by atoms with Crippen LogP contribution in [-0.2, 0) is 6.42 Å². The van der Waals surface area contributed by atoms with E-state index in [4.69, 9.17) is 5.26 Å². The van der Waals surface area contributed by atoms with Crippen molar-refractivity contribution in [1.82, 2.24) is 9.97 Å². The standard InChI is InChI=1S/C15H17N5/c1-3-4-12-5-7-13(8-6-12)19-14-9-15(18-11-17-14)20(2)10-16/h5-9,11H,3-4H2,1-2H3,(H,17,18,19). The Labute approximate surface area is 118 Å². The zero-order valence-corrected chi connectivity index (χ0v) is 11.7. The number of nitriles is 1. The number of rotatable bonds is 5. The molecule has 0 aliphatic carbocycles. The summed E-state index contributed by atoms with van der Waals surface area (Å²) in [5, 5.41) is 12.1. The smallest absolute Gasteiger partial charge is 0.185 e. The quantitative estimate of drug-likeness (QED) is 0.666. The molecule has 0 spiro atoms. The lowest BCUT2D eigenvalue weighted by atomic mass is 10.1. The van der Waals surface area contributed by atoms with Gasteiger partial charge in [-0.3, -0.25) is 4.90 Å². The van der Waals surface area contributed by atoms with Gasteiger partial charge in [-0.25, -0.2) is 9.97 Å². The topological polar surface area (TPSA) is 64.8 Å². The van der Waals surface area contributed by atoms with Crippen LogP contribution in [0.15, 0.2) is 36.7 Å². The molecule has 0 aliphatic heterocycles. The highest BCUT2D eigenvalue weighted by Gasteiger charge is 2.03. The van der Waals surface area contributed by atoms with E-state index in [1.54, 1.807) is 13.1 Å². The van der Waals surface area contributed by atoms with Gasteiger partial charge in [0.05, 0.1) is 0 Å². The van der Waals surface area contributed by atoms with E-state index in [0.29, 0.717) is 11.6 Å². The molecule has 102 valence electrons. The summed E-state index contributed by atoms with van der Waals surface area (Å²) < 4.78 is 0. The van der Waals surface area contributed by atoms with Crippen LogP contribution in [-0.4, -0.2) is 17.0 Å². The Morgan fingerprint density at radius 3 is 2.65 bits per heavy atom. The van der Waals surface area contributed by atoms with Gasteiger partial charge in [0, 0.05) is 18.8 Å². The average Bonchev–Trinajstić information content (AvgIpc) is 2.49. The Kier molecular flexibility index (Phi) is 4.51. The fourth-order valence-corrected chi connectivity index (χ4v) is 1.84. The summed E-state index contributed by atoms with van der Waals surface area (Å²) in [5.41, 5.74) is 2.29. The van der Waals surface area contributed by atoms with Gasteiger partial charge >= 0.3 is 0 Å². The number of hydrogen-bond donors (Lipinski definition) is 1. The maximum absolute atomic E-state index is 8.84. The van der Waals surface area contributed by atoms with E-state index in [9.17, 15) is 0 Å². The Morgan fingerprint density at radius 1 is 1.25 bits per heavy atom. The zero-order valence-electron chi connectivity index (χ0n) is 11.7. The molecule has 0 saturated carbocycles. The van der Waals surface area contributed by atoms with E-state index in [0.717, 1.165) is 18.5 Å². The van der Waals surface area contributed by atoms with Gasteiger partial charge in [0.1, 0.15) is 18.0 Å². The van der Waals surface area contributed by atoms with Gasteiger partial charge in [-0.1, -0.05) is 25.5 Å². The molecule has 0 radical (unpaired) electrons. The minimum atomic E-state index is 0.563. The maximum Gasteiger partial charge on any atom is 0.185 e. The summed E-state index contributed by atoms with van der Waals surface area (Å²) in [6.45, 7) is 2.17. The van der Waals surface area contributed by atoms with Gasteiger partial charge in [0.25, 0.3) is 0 Å². The van der Waals surface area contributed by atoms with Crippen LogP contribution in [0.3, 0.4) is 0 Å². The first kappa shape index (κ1) is 13.8. The molecule has 0 unspecified atom stereocenters. The molecule has 2 aromatic rings. The predicted octanol–water partition coefficient (Wildman–Crippen LogP) is 3.09. The van der Waals surface area contributed by atoms with E-state index in [1.165, 1.54) is 16.8 Å². The van der Waals surface area contributed by atoms with Crippen LogP contribution >= 0.6 is 0 Å². The molecule has 0 aliphatic rings. The van der Waals surface area contributed by atoms with Crippen molar-refractivity contribution < 1.29 is 0 Å². The maximum atomic E-state index is 8.84.